The quantitative estimate of drug-likeness (QED) is 0.582. The minimum absolute atomic E-state index is 0.588. The lowest BCUT2D eigenvalue weighted by Gasteiger charge is -2.05. The summed E-state index contributed by atoms with van der Waals surface area (Å²) in [7, 11) is 0. The third-order valence-electron chi connectivity index (χ3n) is 3.19. The molecule has 0 saturated heterocycles. The maximum absolute atomic E-state index is 5.94. The van der Waals surface area contributed by atoms with E-state index in [0.717, 1.165) is 41.8 Å². The summed E-state index contributed by atoms with van der Waals surface area (Å²) in [5.41, 5.74) is 2.10. The molecule has 0 radical (unpaired) electrons. The molecule has 0 saturated carbocycles. The fourth-order valence-corrected chi connectivity index (χ4v) is 2.15. The van der Waals surface area contributed by atoms with Gasteiger partial charge in [-0.2, -0.15) is 0 Å². The second-order valence-electron chi connectivity index (χ2n) is 4.76. The largest absolute Gasteiger partial charge is 0.459 e. The zero-order chi connectivity index (χ0) is 14.2. The first-order valence-electron chi connectivity index (χ1n) is 7.25. The molecule has 0 amide bonds. The summed E-state index contributed by atoms with van der Waals surface area (Å²) in [4.78, 5) is 0. The molecule has 0 atom stereocenters. The summed E-state index contributed by atoms with van der Waals surface area (Å²) < 4.78 is 11.6. The predicted octanol–water partition coefficient (Wildman–Crippen LogP) is 4.03. The van der Waals surface area contributed by atoms with Crippen LogP contribution in [0.15, 0.2) is 40.8 Å². The van der Waals surface area contributed by atoms with Crippen molar-refractivity contribution >= 4 is 11.0 Å². The molecule has 20 heavy (non-hydrogen) atoms. The third kappa shape index (κ3) is 3.71. The Morgan fingerprint density at radius 1 is 1.30 bits per heavy atom. The minimum Gasteiger partial charge on any atom is -0.459 e. The van der Waals surface area contributed by atoms with E-state index < -0.39 is 0 Å². The number of allylic oxidation sites excluding steroid dienone is 1. The highest BCUT2D eigenvalue weighted by Crippen LogP contribution is 2.26. The standard InChI is InChI=1S/C17H23NO2/c1-3-5-11-19-13-15-14-8-6-7-9-16(14)20-17(15)12-18-10-4-2/h3,5-9,18H,4,10-13H2,1-2H3. The zero-order valence-corrected chi connectivity index (χ0v) is 12.3. The van der Waals surface area contributed by atoms with Gasteiger partial charge in [-0.25, -0.2) is 0 Å². The summed E-state index contributed by atoms with van der Waals surface area (Å²) in [5, 5.41) is 4.54. The van der Waals surface area contributed by atoms with Gasteiger partial charge in [-0.3, -0.25) is 0 Å². The van der Waals surface area contributed by atoms with Crippen LogP contribution in [0, 0.1) is 0 Å². The maximum Gasteiger partial charge on any atom is 0.134 e. The molecule has 3 heteroatoms. The number of benzene rings is 1. The summed E-state index contributed by atoms with van der Waals surface area (Å²) in [5.74, 6) is 0.986. The molecule has 2 rings (SSSR count). The number of hydrogen-bond acceptors (Lipinski definition) is 3. The van der Waals surface area contributed by atoms with Gasteiger partial charge in [-0.15, -0.1) is 0 Å². The average Bonchev–Trinajstić information content (AvgIpc) is 2.82. The molecule has 0 unspecified atom stereocenters. The number of rotatable bonds is 8. The molecule has 0 bridgehead atoms. The number of nitrogens with one attached hydrogen (secondary N) is 1. The van der Waals surface area contributed by atoms with Gasteiger partial charge in [-0.05, 0) is 26.0 Å². The van der Waals surface area contributed by atoms with E-state index >= 15 is 0 Å². The molecule has 0 aliphatic heterocycles. The van der Waals surface area contributed by atoms with Gasteiger partial charge in [0.15, 0.2) is 0 Å². The average molecular weight is 273 g/mol. The highest BCUT2D eigenvalue weighted by atomic mass is 16.5. The number of hydrogen-bond donors (Lipinski definition) is 1. The summed E-state index contributed by atoms with van der Waals surface area (Å²) in [6.07, 6.45) is 5.13. The smallest absolute Gasteiger partial charge is 0.134 e. The lowest BCUT2D eigenvalue weighted by Crippen LogP contribution is -2.14. The van der Waals surface area contributed by atoms with Crippen LogP contribution in [0.25, 0.3) is 11.0 Å². The topological polar surface area (TPSA) is 34.4 Å². The molecule has 108 valence electrons. The van der Waals surface area contributed by atoms with Crippen molar-refractivity contribution in [2.24, 2.45) is 0 Å². The number of furan rings is 1. The molecule has 0 spiro atoms. The van der Waals surface area contributed by atoms with Crippen LogP contribution >= 0.6 is 0 Å². The second-order valence-corrected chi connectivity index (χ2v) is 4.76. The SMILES string of the molecule is CC=CCOCc1c(CNCCC)oc2ccccc12. The van der Waals surface area contributed by atoms with Crippen LogP contribution in [-0.2, 0) is 17.9 Å². The van der Waals surface area contributed by atoms with E-state index in [1.165, 1.54) is 0 Å². The molecular weight excluding hydrogens is 250 g/mol. The van der Waals surface area contributed by atoms with E-state index in [2.05, 4.69) is 18.3 Å². The normalized spacial score (nSPS) is 11.7. The van der Waals surface area contributed by atoms with Crippen molar-refractivity contribution in [3.8, 4) is 0 Å². The first-order chi connectivity index (χ1) is 9.86. The number of ether oxygens (including phenoxy) is 1. The Labute approximate surface area is 120 Å². The molecule has 0 fully saturated rings. The molecule has 2 aromatic rings. The predicted molar refractivity (Wildman–Crippen MR) is 82.7 cm³/mol. The summed E-state index contributed by atoms with van der Waals surface area (Å²) in [6, 6.07) is 8.14. The first kappa shape index (κ1) is 14.8. The Hall–Kier alpha value is -1.58. The Morgan fingerprint density at radius 3 is 2.95 bits per heavy atom. The van der Waals surface area contributed by atoms with E-state index in [-0.39, 0.29) is 0 Å². The fourth-order valence-electron chi connectivity index (χ4n) is 2.15. The van der Waals surface area contributed by atoms with Crippen LogP contribution in [0.3, 0.4) is 0 Å². The summed E-state index contributed by atoms with van der Waals surface area (Å²) >= 11 is 0. The van der Waals surface area contributed by atoms with E-state index in [9.17, 15) is 0 Å². The van der Waals surface area contributed by atoms with Crippen molar-refractivity contribution in [2.75, 3.05) is 13.2 Å². The van der Waals surface area contributed by atoms with Crippen molar-refractivity contribution in [2.45, 2.75) is 33.4 Å². The van der Waals surface area contributed by atoms with Gasteiger partial charge in [0.2, 0.25) is 0 Å². The number of fused-ring (bicyclic) bond motifs is 1. The van der Waals surface area contributed by atoms with Crippen LogP contribution in [0.4, 0.5) is 0 Å². The Balaban J connectivity index is 2.15. The molecular formula is C17H23NO2. The summed E-state index contributed by atoms with van der Waals surface area (Å²) in [6.45, 7) is 7.13. The second kappa shape index (κ2) is 7.88. The molecule has 0 aliphatic carbocycles. The monoisotopic (exact) mass is 273 g/mol. The van der Waals surface area contributed by atoms with Crippen molar-refractivity contribution in [1.82, 2.24) is 5.32 Å². The van der Waals surface area contributed by atoms with Gasteiger partial charge in [0, 0.05) is 10.9 Å². The van der Waals surface area contributed by atoms with Gasteiger partial charge < -0.3 is 14.5 Å². The Morgan fingerprint density at radius 2 is 2.15 bits per heavy atom. The molecule has 3 nitrogen and oxygen atoms in total. The first-order valence-corrected chi connectivity index (χ1v) is 7.25. The van der Waals surface area contributed by atoms with Crippen molar-refractivity contribution in [1.29, 1.82) is 0 Å². The van der Waals surface area contributed by atoms with Crippen molar-refractivity contribution in [3.63, 3.8) is 0 Å². The maximum atomic E-state index is 5.94. The highest BCUT2D eigenvalue weighted by molar-refractivity contribution is 5.82. The van der Waals surface area contributed by atoms with Crippen LogP contribution in [0.2, 0.25) is 0 Å². The number of para-hydroxylation sites is 1. The van der Waals surface area contributed by atoms with E-state index in [0.29, 0.717) is 13.2 Å². The molecule has 1 heterocycles. The Kier molecular flexibility index (Phi) is 5.84. The highest BCUT2D eigenvalue weighted by Gasteiger charge is 2.13. The molecule has 1 N–H and O–H groups in total. The molecule has 1 aromatic heterocycles. The molecule has 0 aliphatic rings. The van der Waals surface area contributed by atoms with E-state index in [1.807, 2.05) is 37.3 Å². The van der Waals surface area contributed by atoms with Crippen LogP contribution in [0.1, 0.15) is 31.6 Å². The van der Waals surface area contributed by atoms with Crippen molar-refractivity contribution in [3.05, 3.63) is 47.7 Å². The van der Waals surface area contributed by atoms with Gasteiger partial charge in [0.25, 0.3) is 0 Å². The van der Waals surface area contributed by atoms with Crippen LogP contribution < -0.4 is 5.32 Å². The van der Waals surface area contributed by atoms with Gasteiger partial charge in [0.1, 0.15) is 11.3 Å². The van der Waals surface area contributed by atoms with Gasteiger partial charge in [0.05, 0.1) is 19.8 Å². The third-order valence-corrected chi connectivity index (χ3v) is 3.19. The lowest BCUT2D eigenvalue weighted by atomic mass is 10.1. The van der Waals surface area contributed by atoms with E-state index in [1.54, 1.807) is 0 Å². The van der Waals surface area contributed by atoms with Crippen LogP contribution in [-0.4, -0.2) is 13.2 Å². The zero-order valence-electron chi connectivity index (χ0n) is 12.3. The van der Waals surface area contributed by atoms with Crippen LogP contribution in [0.5, 0.6) is 0 Å². The fraction of sp³-hybridized carbons (Fsp3) is 0.412. The minimum atomic E-state index is 0.588. The van der Waals surface area contributed by atoms with Gasteiger partial charge in [-0.1, -0.05) is 37.3 Å². The van der Waals surface area contributed by atoms with E-state index in [4.69, 9.17) is 9.15 Å². The Bertz CT molecular complexity index is 557. The molecule has 1 aromatic carbocycles. The lowest BCUT2D eigenvalue weighted by molar-refractivity contribution is 0.148. The van der Waals surface area contributed by atoms with Gasteiger partial charge >= 0.3 is 0 Å². The van der Waals surface area contributed by atoms with Crippen molar-refractivity contribution < 1.29 is 9.15 Å².